The normalized spacial score (nSPS) is 19.9. The predicted octanol–water partition coefficient (Wildman–Crippen LogP) is 8.05. The van der Waals surface area contributed by atoms with E-state index in [0.29, 0.717) is 0 Å². The van der Waals surface area contributed by atoms with Crippen molar-refractivity contribution in [2.45, 2.75) is 25.4 Å². The molecule has 0 bridgehead atoms. The molecule has 1 N–H and O–H groups in total. The lowest BCUT2D eigenvalue weighted by molar-refractivity contribution is 0.307. The summed E-state index contributed by atoms with van der Waals surface area (Å²) >= 11 is 0. The number of allylic oxidation sites excluding steroid dienone is 2. The molecular weight excluding hydrogens is 524 g/mol. The summed E-state index contributed by atoms with van der Waals surface area (Å²) in [5.41, 5.74) is 13.2. The van der Waals surface area contributed by atoms with Crippen molar-refractivity contribution >= 4 is 23.2 Å². The van der Waals surface area contributed by atoms with Gasteiger partial charge in [0, 0.05) is 41.9 Å². The summed E-state index contributed by atoms with van der Waals surface area (Å²) in [6.45, 7) is 5.50. The zero-order valence-corrected chi connectivity index (χ0v) is 24.8. The van der Waals surface area contributed by atoms with Gasteiger partial charge in [0.2, 0.25) is 0 Å². The van der Waals surface area contributed by atoms with E-state index in [2.05, 4.69) is 163 Å². The Bertz CT molecular complexity index is 1910. The summed E-state index contributed by atoms with van der Waals surface area (Å²) in [4.78, 5) is 10.2. The van der Waals surface area contributed by atoms with E-state index in [0.717, 1.165) is 23.6 Å². The van der Waals surface area contributed by atoms with Crippen molar-refractivity contribution in [1.29, 1.82) is 0 Å². The molecule has 0 spiro atoms. The third kappa shape index (κ3) is 3.94. The highest BCUT2D eigenvalue weighted by Crippen LogP contribution is 2.53. The Kier molecular flexibility index (Phi) is 5.80. The molecule has 3 aliphatic heterocycles. The van der Waals surface area contributed by atoms with Crippen LogP contribution in [0.3, 0.4) is 0 Å². The van der Waals surface area contributed by atoms with E-state index < -0.39 is 0 Å². The first-order chi connectivity index (χ1) is 21.0. The lowest BCUT2D eigenvalue weighted by Gasteiger charge is -2.44. The minimum Gasteiger partial charge on any atom is -0.380 e. The summed E-state index contributed by atoms with van der Waals surface area (Å²) in [7, 11) is 2.18. The van der Waals surface area contributed by atoms with Crippen molar-refractivity contribution in [2.24, 2.45) is 4.99 Å². The van der Waals surface area contributed by atoms with Gasteiger partial charge in [-0.2, -0.15) is 0 Å². The molecule has 1 aliphatic carbocycles. The van der Waals surface area contributed by atoms with E-state index in [-0.39, 0.29) is 11.6 Å². The molecule has 0 saturated carbocycles. The van der Waals surface area contributed by atoms with Crippen LogP contribution in [0.2, 0.25) is 0 Å². The number of hydrogen-bond acceptors (Lipinski definition) is 4. The molecule has 0 fully saturated rings. The van der Waals surface area contributed by atoms with Crippen molar-refractivity contribution in [3.8, 4) is 0 Å². The molecule has 1 unspecified atom stereocenters. The van der Waals surface area contributed by atoms with Crippen LogP contribution in [0.25, 0.3) is 11.8 Å². The standard InChI is InChI=1S/C39H34N4/c1-39(2)31-20-12-11-19-30(31)36-35(39)37-29(25-40-36)23-22-27-16-10-13-21-33(27)43(37)34-24-32(26-14-6-4-7-15-26)41-38(42(34)3)28-17-8-5-9-18-28/h4-24,38,40H,25H2,1-3H3. The van der Waals surface area contributed by atoms with Gasteiger partial charge >= 0.3 is 0 Å². The number of hydrogen-bond donors (Lipinski definition) is 1. The van der Waals surface area contributed by atoms with Crippen molar-refractivity contribution in [1.82, 2.24) is 10.2 Å². The molecule has 8 rings (SSSR count). The number of aliphatic imine (C=N–C) groups is 1. The maximum atomic E-state index is 5.34. The highest BCUT2D eigenvalue weighted by molar-refractivity contribution is 6.10. The molecule has 1 atom stereocenters. The zero-order chi connectivity index (χ0) is 29.1. The SMILES string of the molecule is CN1C(N2C3=C(C=Cc4ccccc42)CNC2=C3C(C)(C)c3ccccc32)=CC(c2ccccc2)=NC1c1ccccc1. The third-order valence-electron chi connectivity index (χ3n) is 9.26. The molecule has 0 aromatic heterocycles. The van der Waals surface area contributed by atoms with Gasteiger partial charge in [-0.1, -0.05) is 129 Å². The van der Waals surface area contributed by atoms with Crippen LogP contribution in [-0.2, 0) is 5.41 Å². The van der Waals surface area contributed by atoms with E-state index in [1.807, 2.05) is 0 Å². The van der Waals surface area contributed by atoms with Crippen LogP contribution in [0.4, 0.5) is 5.69 Å². The molecule has 4 aliphatic rings. The van der Waals surface area contributed by atoms with E-state index >= 15 is 0 Å². The smallest absolute Gasteiger partial charge is 0.148 e. The Hall–Kier alpha value is -5.09. The lowest BCUT2D eigenvalue weighted by atomic mass is 9.78. The largest absolute Gasteiger partial charge is 0.380 e. The van der Waals surface area contributed by atoms with Crippen molar-refractivity contribution < 1.29 is 0 Å². The maximum absolute atomic E-state index is 5.34. The third-order valence-corrected chi connectivity index (χ3v) is 9.26. The quantitative estimate of drug-likeness (QED) is 0.276. The monoisotopic (exact) mass is 558 g/mol. The zero-order valence-electron chi connectivity index (χ0n) is 24.8. The van der Waals surface area contributed by atoms with Crippen molar-refractivity contribution in [3.05, 3.63) is 172 Å². The fourth-order valence-corrected chi connectivity index (χ4v) is 7.15. The Balaban J connectivity index is 1.39. The van der Waals surface area contributed by atoms with E-state index in [1.54, 1.807) is 0 Å². The number of nitrogens with one attached hydrogen (secondary N) is 1. The van der Waals surface area contributed by atoms with Crippen LogP contribution in [-0.4, -0.2) is 24.2 Å². The molecule has 4 nitrogen and oxygen atoms in total. The average molecular weight is 559 g/mol. The van der Waals surface area contributed by atoms with Crippen LogP contribution >= 0.6 is 0 Å². The second-order valence-electron chi connectivity index (χ2n) is 12.2. The summed E-state index contributed by atoms with van der Waals surface area (Å²) in [6, 6.07) is 38.8. The summed E-state index contributed by atoms with van der Waals surface area (Å²) in [5.74, 6) is 1.10. The lowest BCUT2D eigenvalue weighted by Crippen LogP contribution is -2.42. The van der Waals surface area contributed by atoms with E-state index in [9.17, 15) is 0 Å². The molecule has 0 radical (unpaired) electrons. The highest BCUT2D eigenvalue weighted by Gasteiger charge is 2.45. The Morgan fingerprint density at radius 3 is 2.30 bits per heavy atom. The Morgan fingerprint density at radius 2 is 1.49 bits per heavy atom. The van der Waals surface area contributed by atoms with Gasteiger partial charge in [0.1, 0.15) is 12.0 Å². The second-order valence-corrected chi connectivity index (χ2v) is 12.2. The molecule has 4 aromatic rings. The van der Waals surface area contributed by atoms with Gasteiger partial charge in [0.05, 0.1) is 17.1 Å². The first-order valence-corrected chi connectivity index (χ1v) is 15.0. The number of anilines is 1. The maximum Gasteiger partial charge on any atom is 0.148 e. The van der Waals surface area contributed by atoms with Crippen LogP contribution < -0.4 is 10.2 Å². The molecule has 43 heavy (non-hydrogen) atoms. The molecule has 4 aromatic carbocycles. The van der Waals surface area contributed by atoms with Crippen LogP contribution in [0.5, 0.6) is 0 Å². The highest BCUT2D eigenvalue weighted by atomic mass is 15.4. The van der Waals surface area contributed by atoms with Crippen LogP contribution in [0, 0.1) is 0 Å². The predicted molar refractivity (Wildman–Crippen MR) is 177 cm³/mol. The number of nitrogens with zero attached hydrogens (tertiary/aromatic N) is 3. The van der Waals surface area contributed by atoms with Gasteiger partial charge in [0.25, 0.3) is 0 Å². The fourth-order valence-electron chi connectivity index (χ4n) is 7.15. The number of para-hydroxylation sites is 1. The van der Waals surface area contributed by atoms with E-state index in [4.69, 9.17) is 4.99 Å². The summed E-state index contributed by atoms with van der Waals surface area (Å²) < 4.78 is 0. The van der Waals surface area contributed by atoms with Crippen LogP contribution in [0.15, 0.2) is 149 Å². The molecule has 0 saturated heterocycles. The topological polar surface area (TPSA) is 30.9 Å². The molecule has 4 heteroatoms. The first kappa shape index (κ1) is 25.6. The minimum absolute atomic E-state index is 0.173. The fraction of sp³-hybridized carbons (Fsp3) is 0.154. The van der Waals surface area contributed by atoms with Gasteiger partial charge in [-0.25, -0.2) is 0 Å². The number of rotatable bonds is 3. The van der Waals surface area contributed by atoms with E-state index in [1.165, 1.54) is 50.5 Å². The number of dihydropyridines is 1. The number of fused-ring (bicyclic) bond motifs is 4. The summed E-state index contributed by atoms with van der Waals surface area (Å²) in [6.07, 6.45) is 6.69. The second kappa shape index (κ2) is 9.74. The summed E-state index contributed by atoms with van der Waals surface area (Å²) in [5, 5.41) is 3.84. The van der Waals surface area contributed by atoms with Gasteiger partial charge in [0.15, 0.2) is 0 Å². The molecule has 210 valence electrons. The van der Waals surface area contributed by atoms with Crippen molar-refractivity contribution in [2.75, 3.05) is 18.5 Å². The van der Waals surface area contributed by atoms with Gasteiger partial charge in [-0.15, -0.1) is 0 Å². The van der Waals surface area contributed by atoms with Crippen molar-refractivity contribution in [3.63, 3.8) is 0 Å². The molecule has 0 amide bonds. The average Bonchev–Trinajstić information content (AvgIpc) is 3.17. The van der Waals surface area contributed by atoms with Crippen LogP contribution in [0.1, 0.15) is 47.8 Å². The molecule has 3 heterocycles. The minimum atomic E-state index is -0.186. The van der Waals surface area contributed by atoms with Gasteiger partial charge in [-0.3, -0.25) is 9.89 Å². The first-order valence-electron chi connectivity index (χ1n) is 15.0. The van der Waals surface area contributed by atoms with Gasteiger partial charge < -0.3 is 10.2 Å². The molecular formula is C39H34N4. The Morgan fingerprint density at radius 1 is 0.791 bits per heavy atom. The Labute approximate surface area is 253 Å². The van der Waals surface area contributed by atoms with Gasteiger partial charge in [-0.05, 0) is 33.9 Å². The number of benzene rings is 4.